The van der Waals surface area contributed by atoms with Gasteiger partial charge in [-0.2, -0.15) is 0 Å². The van der Waals surface area contributed by atoms with Gasteiger partial charge >= 0.3 is 5.97 Å². The topological polar surface area (TPSA) is 89.6 Å². The summed E-state index contributed by atoms with van der Waals surface area (Å²) in [5.74, 6) is -3.09. The van der Waals surface area contributed by atoms with Crippen molar-refractivity contribution < 1.29 is 19.0 Å². The van der Waals surface area contributed by atoms with Crippen LogP contribution in [-0.2, 0) is 13.9 Å². The molecule has 0 bridgehead atoms. The number of rotatable bonds is 4. The van der Waals surface area contributed by atoms with Gasteiger partial charge in [-0.25, -0.2) is 4.79 Å². The largest absolute Gasteiger partial charge is 0.475 e. The Morgan fingerprint density at radius 2 is 1.81 bits per heavy atom. The van der Waals surface area contributed by atoms with Crippen LogP contribution < -0.4 is 5.73 Å². The molecule has 0 aliphatic rings. The molecule has 1 amide bonds. The first-order valence-corrected chi connectivity index (χ1v) is 4.50. The zero-order chi connectivity index (χ0) is 12.1. The van der Waals surface area contributed by atoms with Gasteiger partial charge in [-0.15, -0.1) is 0 Å². The smallest absolute Gasteiger partial charge is 0.374 e. The number of carboxylic acid groups (broad SMARTS) is 1. The Kier molecular flexibility index (Phi) is 3.90. The number of carbonyl (C=O) groups excluding carboxylic acids is 1. The van der Waals surface area contributed by atoms with Gasteiger partial charge in [0.2, 0.25) is 5.76 Å². The monoisotopic (exact) mass is 241 g/mol. The fraction of sp³-hybridized carbons (Fsp3) is 0. The number of benzene rings is 1. The Hall–Kier alpha value is -2.01. The van der Waals surface area contributed by atoms with Crippen LogP contribution >= 0.6 is 11.9 Å². The minimum absolute atomic E-state index is 0.275. The maximum atomic E-state index is 11.2. The minimum atomic E-state index is -1.47. The van der Waals surface area contributed by atoms with Crippen LogP contribution in [0.2, 0.25) is 0 Å². The Balaban J connectivity index is 3.40. The Morgan fingerprint density at radius 3 is 2.19 bits per heavy atom. The molecule has 0 aliphatic heterocycles. The van der Waals surface area contributed by atoms with Crippen molar-refractivity contribution in [3.63, 3.8) is 0 Å². The van der Waals surface area contributed by atoms with Gasteiger partial charge in [-0.05, 0) is 5.56 Å². The zero-order valence-electron chi connectivity index (χ0n) is 8.01. The van der Waals surface area contributed by atoms with Crippen LogP contribution in [0.15, 0.2) is 36.1 Å². The van der Waals surface area contributed by atoms with E-state index in [2.05, 4.69) is 4.29 Å². The number of hydrogen-bond acceptors (Lipinski definition) is 3. The summed E-state index contributed by atoms with van der Waals surface area (Å²) in [6.45, 7) is 0. The third-order valence-electron chi connectivity index (χ3n) is 1.81. The first-order chi connectivity index (χ1) is 7.57. The molecule has 0 aliphatic carbocycles. The predicted octanol–water partition coefficient (Wildman–Crippen LogP) is 1.14. The summed E-state index contributed by atoms with van der Waals surface area (Å²) in [6, 6.07) is 8.03. The number of primary amides is 1. The molecular formula is C10H8ClNO4. The highest BCUT2D eigenvalue weighted by molar-refractivity contribution is 6.25. The second-order valence-electron chi connectivity index (χ2n) is 2.82. The van der Waals surface area contributed by atoms with Crippen LogP contribution in [0.1, 0.15) is 5.56 Å². The Bertz CT molecular complexity index is 441. The van der Waals surface area contributed by atoms with Gasteiger partial charge in [0.25, 0.3) is 5.91 Å². The van der Waals surface area contributed by atoms with Gasteiger partial charge in [0, 0.05) is 0 Å². The van der Waals surface area contributed by atoms with Gasteiger partial charge in [0.1, 0.15) is 11.9 Å². The molecule has 16 heavy (non-hydrogen) atoms. The quantitative estimate of drug-likeness (QED) is 0.611. The van der Waals surface area contributed by atoms with E-state index in [1.165, 1.54) is 12.1 Å². The molecule has 0 atom stereocenters. The van der Waals surface area contributed by atoms with Crippen molar-refractivity contribution in [3.8, 4) is 0 Å². The first-order valence-electron chi connectivity index (χ1n) is 4.19. The Labute approximate surface area is 96.2 Å². The van der Waals surface area contributed by atoms with E-state index in [0.29, 0.717) is 5.56 Å². The van der Waals surface area contributed by atoms with Gasteiger partial charge in [0.15, 0.2) is 0 Å². The van der Waals surface area contributed by atoms with E-state index in [4.69, 9.17) is 22.7 Å². The standard InChI is InChI=1S/C10H8ClNO4/c11-16-8(10(14)15)7(9(12)13)6-4-2-1-3-5-6/h1-5H,(H2,12,13)(H,14,15)/b8-7+. The van der Waals surface area contributed by atoms with Crippen molar-refractivity contribution in [1.29, 1.82) is 0 Å². The fourth-order valence-electron chi connectivity index (χ4n) is 1.17. The van der Waals surface area contributed by atoms with Crippen molar-refractivity contribution in [2.24, 2.45) is 5.73 Å². The minimum Gasteiger partial charge on any atom is -0.475 e. The highest BCUT2D eigenvalue weighted by Gasteiger charge is 2.22. The van der Waals surface area contributed by atoms with Crippen LogP contribution in [0.3, 0.4) is 0 Å². The number of amides is 1. The molecule has 0 spiro atoms. The van der Waals surface area contributed by atoms with Crippen LogP contribution in [-0.4, -0.2) is 17.0 Å². The molecule has 1 aromatic rings. The highest BCUT2D eigenvalue weighted by Crippen LogP contribution is 2.20. The molecule has 0 aromatic heterocycles. The van der Waals surface area contributed by atoms with E-state index in [1.54, 1.807) is 18.2 Å². The van der Waals surface area contributed by atoms with E-state index in [9.17, 15) is 9.59 Å². The lowest BCUT2D eigenvalue weighted by Gasteiger charge is -2.06. The van der Waals surface area contributed by atoms with Gasteiger partial charge in [0.05, 0.1) is 5.57 Å². The second kappa shape index (κ2) is 5.18. The Morgan fingerprint density at radius 1 is 1.25 bits per heavy atom. The fourth-order valence-corrected chi connectivity index (χ4v) is 1.31. The molecule has 0 fully saturated rings. The lowest BCUT2D eigenvalue weighted by atomic mass is 10.0. The molecule has 1 aromatic carbocycles. The lowest BCUT2D eigenvalue weighted by Crippen LogP contribution is -2.18. The zero-order valence-corrected chi connectivity index (χ0v) is 8.77. The van der Waals surface area contributed by atoms with Crippen LogP contribution in [0, 0.1) is 0 Å². The van der Waals surface area contributed by atoms with Gasteiger partial charge in [-0.1, -0.05) is 30.3 Å². The summed E-state index contributed by atoms with van der Waals surface area (Å²) in [5.41, 5.74) is 5.14. The SMILES string of the molecule is NC(=O)/C(=C(/OCl)C(=O)O)c1ccccc1. The molecule has 3 N–H and O–H groups in total. The van der Waals surface area contributed by atoms with Crippen LogP contribution in [0.25, 0.3) is 5.57 Å². The van der Waals surface area contributed by atoms with Crippen LogP contribution in [0.5, 0.6) is 0 Å². The van der Waals surface area contributed by atoms with E-state index in [1.807, 2.05) is 0 Å². The predicted molar refractivity (Wildman–Crippen MR) is 57.1 cm³/mol. The molecule has 1 rings (SSSR count). The number of nitrogens with two attached hydrogens (primary N) is 1. The molecule has 5 nitrogen and oxygen atoms in total. The average Bonchev–Trinajstić information content (AvgIpc) is 2.25. The van der Waals surface area contributed by atoms with Gasteiger partial charge < -0.3 is 15.1 Å². The number of carboxylic acids is 1. The van der Waals surface area contributed by atoms with Crippen molar-refractivity contribution >= 4 is 29.3 Å². The van der Waals surface area contributed by atoms with E-state index in [-0.39, 0.29) is 5.57 Å². The number of hydrogen-bond donors (Lipinski definition) is 2. The van der Waals surface area contributed by atoms with Crippen molar-refractivity contribution in [1.82, 2.24) is 0 Å². The molecule has 0 saturated heterocycles. The summed E-state index contributed by atoms with van der Waals surface area (Å²) in [5, 5.41) is 8.78. The summed E-state index contributed by atoms with van der Waals surface area (Å²) in [7, 11) is 0. The van der Waals surface area contributed by atoms with Crippen molar-refractivity contribution in [2.45, 2.75) is 0 Å². The summed E-state index contributed by atoms with van der Waals surface area (Å²) >= 11 is 5.00. The third kappa shape index (κ3) is 2.52. The van der Waals surface area contributed by atoms with Crippen molar-refractivity contribution in [2.75, 3.05) is 0 Å². The molecule has 0 heterocycles. The first kappa shape index (κ1) is 12.1. The summed E-state index contributed by atoms with van der Waals surface area (Å²) in [6.07, 6.45) is 0. The maximum absolute atomic E-state index is 11.2. The normalized spacial score (nSPS) is 11.6. The van der Waals surface area contributed by atoms with E-state index < -0.39 is 17.6 Å². The van der Waals surface area contributed by atoms with E-state index in [0.717, 1.165) is 0 Å². The number of halogens is 1. The van der Waals surface area contributed by atoms with Crippen molar-refractivity contribution in [3.05, 3.63) is 41.7 Å². The molecule has 0 unspecified atom stereocenters. The highest BCUT2D eigenvalue weighted by atomic mass is 35.5. The molecular weight excluding hydrogens is 234 g/mol. The summed E-state index contributed by atoms with van der Waals surface area (Å²) in [4.78, 5) is 21.9. The maximum Gasteiger partial charge on any atom is 0.374 e. The molecule has 6 heteroatoms. The number of carbonyl (C=O) groups is 2. The van der Waals surface area contributed by atoms with Gasteiger partial charge in [-0.3, -0.25) is 4.79 Å². The lowest BCUT2D eigenvalue weighted by molar-refractivity contribution is -0.135. The average molecular weight is 242 g/mol. The third-order valence-corrected chi connectivity index (χ3v) is 1.96. The molecule has 0 saturated carbocycles. The number of aliphatic carboxylic acids is 1. The van der Waals surface area contributed by atoms with E-state index >= 15 is 0 Å². The molecule has 84 valence electrons. The summed E-state index contributed by atoms with van der Waals surface area (Å²) < 4.78 is 4.14. The second-order valence-corrected chi connectivity index (χ2v) is 2.97. The van der Waals surface area contributed by atoms with Crippen LogP contribution in [0.4, 0.5) is 0 Å². The molecule has 0 radical (unpaired) electrons.